The summed E-state index contributed by atoms with van der Waals surface area (Å²) in [5.41, 5.74) is 0.462. The number of carbonyl (C=O) groups excluding carboxylic acids is 1. The second kappa shape index (κ2) is 5.66. The van der Waals surface area contributed by atoms with Crippen molar-refractivity contribution in [2.24, 2.45) is 28.6 Å². The molecule has 4 aliphatic rings. The molecule has 3 fully saturated rings. The Morgan fingerprint density at radius 1 is 1.12 bits per heavy atom. The lowest BCUT2D eigenvalue weighted by molar-refractivity contribution is -0.195. The second-order valence-corrected chi connectivity index (χ2v) is 9.81. The van der Waals surface area contributed by atoms with Crippen LogP contribution in [0.3, 0.4) is 0 Å². The smallest absolute Gasteiger partial charge is 0.155 e. The summed E-state index contributed by atoms with van der Waals surface area (Å²) in [4.78, 5) is 11.9. The van der Waals surface area contributed by atoms with Gasteiger partial charge in [-0.05, 0) is 80.6 Å². The summed E-state index contributed by atoms with van der Waals surface area (Å²) in [7, 11) is 0. The van der Waals surface area contributed by atoms with Gasteiger partial charge in [-0.25, -0.2) is 0 Å². The molecule has 7 atom stereocenters. The molecule has 0 aromatic heterocycles. The predicted octanol–water partition coefficient (Wildman–Crippen LogP) is 4.02. The summed E-state index contributed by atoms with van der Waals surface area (Å²) in [6, 6.07) is 0. The number of rotatable bonds is 2. The van der Waals surface area contributed by atoms with E-state index >= 15 is 0 Å². The molecule has 25 heavy (non-hydrogen) atoms. The highest BCUT2D eigenvalue weighted by Crippen LogP contribution is 2.68. The van der Waals surface area contributed by atoms with Gasteiger partial charge in [0.05, 0.1) is 11.7 Å². The summed E-state index contributed by atoms with van der Waals surface area (Å²) >= 11 is 0. The Kier molecular flexibility index (Phi) is 4.01. The molecule has 0 amide bonds. The van der Waals surface area contributed by atoms with Crippen molar-refractivity contribution >= 4 is 5.78 Å². The molecule has 3 nitrogen and oxygen atoms in total. The Hall–Kier alpha value is -0.670. The van der Waals surface area contributed by atoms with Crippen LogP contribution in [-0.4, -0.2) is 27.7 Å². The number of ketones is 1. The van der Waals surface area contributed by atoms with E-state index in [1.54, 1.807) is 0 Å². The Bertz CT molecular complexity index is 610. The van der Waals surface area contributed by atoms with E-state index in [9.17, 15) is 15.0 Å². The first-order valence-electron chi connectivity index (χ1n) is 10.4. The fraction of sp³-hybridized carbons (Fsp3) is 0.864. The largest absolute Gasteiger partial charge is 0.393 e. The van der Waals surface area contributed by atoms with Crippen LogP contribution in [0, 0.1) is 28.6 Å². The highest BCUT2D eigenvalue weighted by atomic mass is 16.3. The van der Waals surface area contributed by atoms with Crippen LogP contribution < -0.4 is 0 Å². The van der Waals surface area contributed by atoms with Gasteiger partial charge in [0.25, 0.3) is 0 Å². The first-order valence-corrected chi connectivity index (χ1v) is 10.4. The number of carbonyl (C=O) groups is 1. The molecule has 0 aromatic rings. The van der Waals surface area contributed by atoms with Crippen LogP contribution in [0.25, 0.3) is 0 Å². The summed E-state index contributed by atoms with van der Waals surface area (Å²) in [6.45, 7) is 6.68. The summed E-state index contributed by atoms with van der Waals surface area (Å²) in [5.74, 6) is 1.44. The van der Waals surface area contributed by atoms with Gasteiger partial charge in [-0.15, -0.1) is 0 Å². The van der Waals surface area contributed by atoms with Crippen molar-refractivity contribution in [3.63, 3.8) is 0 Å². The van der Waals surface area contributed by atoms with Crippen LogP contribution in [-0.2, 0) is 4.79 Å². The zero-order chi connectivity index (χ0) is 18.0. The van der Waals surface area contributed by atoms with Crippen molar-refractivity contribution in [2.45, 2.75) is 90.3 Å². The number of aliphatic hydroxyl groups is 2. The van der Waals surface area contributed by atoms with Crippen molar-refractivity contribution in [1.29, 1.82) is 0 Å². The molecule has 4 rings (SSSR count). The summed E-state index contributed by atoms with van der Waals surface area (Å²) < 4.78 is 0. The molecule has 3 saturated carbocycles. The number of hydrogen-bond acceptors (Lipinski definition) is 3. The Morgan fingerprint density at radius 3 is 2.60 bits per heavy atom. The number of aliphatic hydroxyl groups excluding tert-OH is 1. The minimum atomic E-state index is -0.673. The molecule has 0 aromatic carbocycles. The second-order valence-electron chi connectivity index (χ2n) is 9.81. The molecule has 0 saturated heterocycles. The van der Waals surface area contributed by atoms with Crippen molar-refractivity contribution in [3.05, 3.63) is 11.6 Å². The third kappa shape index (κ3) is 2.21. The van der Waals surface area contributed by atoms with Crippen LogP contribution in [0.5, 0.6) is 0 Å². The Labute approximate surface area is 151 Å². The molecule has 0 radical (unpaired) electrons. The zero-order valence-electron chi connectivity index (χ0n) is 16.1. The number of hydrogen-bond donors (Lipinski definition) is 2. The van der Waals surface area contributed by atoms with Crippen molar-refractivity contribution in [2.75, 3.05) is 0 Å². The standard InChI is InChI=1S/C22H34O3/c1-4-19(24)18-8-7-16-17-6-5-14-13-15(23)9-10-21(14,3)22(17,25)12-11-20(16,18)2/h13,16-19,24-25H,4-12H2,1-3H3/t16-,17-,18+,19?,20-,21-,22+/m0/s1. The first-order chi connectivity index (χ1) is 11.8. The molecule has 0 bridgehead atoms. The SMILES string of the molecule is CCC(O)[C@H]1CC[C@H]2[C@@H]3CCC4=CC(=O)CC[C@]4(C)[C@@]3(O)CC[C@]12C. The molecule has 1 unspecified atom stereocenters. The maximum Gasteiger partial charge on any atom is 0.155 e. The fourth-order valence-corrected chi connectivity index (χ4v) is 7.46. The van der Waals surface area contributed by atoms with Gasteiger partial charge < -0.3 is 10.2 Å². The predicted molar refractivity (Wildman–Crippen MR) is 98.0 cm³/mol. The first kappa shape index (κ1) is 17.7. The Morgan fingerprint density at radius 2 is 1.88 bits per heavy atom. The maximum atomic E-state index is 12.0. The molecule has 140 valence electrons. The monoisotopic (exact) mass is 346 g/mol. The average Bonchev–Trinajstić information content (AvgIpc) is 2.93. The van der Waals surface area contributed by atoms with E-state index in [0.717, 1.165) is 51.4 Å². The molecule has 2 N–H and O–H groups in total. The number of fused-ring (bicyclic) bond motifs is 5. The van der Waals surface area contributed by atoms with Gasteiger partial charge >= 0.3 is 0 Å². The molecular formula is C22H34O3. The van der Waals surface area contributed by atoms with Gasteiger partial charge in [0, 0.05) is 11.8 Å². The van der Waals surface area contributed by atoms with Crippen LogP contribution in [0.2, 0.25) is 0 Å². The van der Waals surface area contributed by atoms with Gasteiger partial charge in [-0.2, -0.15) is 0 Å². The van der Waals surface area contributed by atoms with Gasteiger partial charge in [0.15, 0.2) is 5.78 Å². The van der Waals surface area contributed by atoms with Gasteiger partial charge in [-0.3, -0.25) is 4.79 Å². The molecule has 0 heterocycles. The third-order valence-corrected chi connectivity index (χ3v) is 9.10. The van der Waals surface area contributed by atoms with Gasteiger partial charge in [0.2, 0.25) is 0 Å². The van der Waals surface area contributed by atoms with E-state index in [2.05, 4.69) is 20.8 Å². The highest BCUT2D eigenvalue weighted by molar-refractivity contribution is 5.91. The lowest BCUT2D eigenvalue weighted by atomic mass is 9.44. The molecule has 0 spiro atoms. The topological polar surface area (TPSA) is 57.5 Å². The lowest BCUT2D eigenvalue weighted by Gasteiger charge is -2.63. The summed E-state index contributed by atoms with van der Waals surface area (Å²) in [5, 5.41) is 22.5. The van der Waals surface area contributed by atoms with E-state index in [1.807, 2.05) is 6.08 Å². The molecular weight excluding hydrogens is 312 g/mol. The van der Waals surface area contributed by atoms with E-state index in [4.69, 9.17) is 0 Å². The van der Waals surface area contributed by atoms with Gasteiger partial charge in [0.1, 0.15) is 0 Å². The van der Waals surface area contributed by atoms with Crippen LogP contribution in [0.4, 0.5) is 0 Å². The zero-order valence-corrected chi connectivity index (χ0v) is 16.1. The summed E-state index contributed by atoms with van der Waals surface area (Å²) in [6.07, 6.45) is 9.87. The Balaban J connectivity index is 1.70. The van der Waals surface area contributed by atoms with E-state index < -0.39 is 5.60 Å². The minimum absolute atomic E-state index is 0.161. The van der Waals surface area contributed by atoms with Crippen LogP contribution in [0.1, 0.15) is 78.6 Å². The average molecular weight is 347 g/mol. The van der Waals surface area contributed by atoms with Crippen LogP contribution in [0.15, 0.2) is 11.6 Å². The van der Waals surface area contributed by atoms with E-state index in [-0.39, 0.29) is 22.7 Å². The van der Waals surface area contributed by atoms with E-state index in [1.165, 1.54) is 5.57 Å². The van der Waals surface area contributed by atoms with Gasteiger partial charge in [-0.1, -0.05) is 26.3 Å². The minimum Gasteiger partial charge on any atom is -0.393 e. The van der Waals surface area contributed by atoms with Crippen molar-refractivity contribution in [1.82, 2.24) is 0 Å². The highest BCUT2D eigenvalue weighted by Gasteiger charge is 2.66. The quantitative estimate of drug-likeness (QED) is 0.794. The molecule has 4 aliphatic carbocycles. The molecule has 3 heteroatoms. The lowest BCUT2D eigenvalue weighted by Crippen LogP contribution is -2.63. The van der Waals surface area contributed by atoms with Crippen LogP contribution >= 0.6 is 0 Å². The molecule has 0 aliphatic heterocycles. The van der Waals surface area contributed by atoms with Crippen molar-refractivity contribution in [3.8, 4) is 0 Å². The fourth-order valence-electron chi connectivity index (χ4n) is 7.46. The third-order valence-electron chi connectivity index (χ3n) is 9.10. The maximum absolute atomic E-state index is 12.0. The van der Waals surface area contributed by atoms with Crippen molar-refractivity contribution < 1.29 is 15.0 Å². The van der Waals surface area contributed by atoms with E-state index in [0.29, 0.717) is 24.2 Å². The normalized spacial score (nSPS) is 50.5.